The van der Waals surface area contributed by atoms with Gasteiger partial charge in [0.15, 0.2) is 11.7 Å². The third-order valence-corrected chi connectivity index (χ3v) is 7.21. The van der Waals surface area contributed by atoms with Crippen molar-refractivity contribution in [1.29, 1.82) is 0 Å². The van der Waals surface area contributed by atoms with Crippen LogP contribution in [0.4, 0.5) is 5.13 Å². The van der Waals surface area contributed by atoms with Gasteiger partial charge >= 0.3 is 0 Å². The largest absolute Gasteiger partial charge is 0.494 e. The van der Waals surface area contributed by atoms with E-state index in [1.54, 1.807) is 4.90 Å². The van der Waals surface area contributed by atoms with Crippen LogP contribution in [0.2, 0.25) is 5.02 Å². The SMILES string of the molecule is CCOc1ccc(OCC(=O)N(CCCN2CCOCC2)c2nc3c(C)ccc(Cl)c3s2)cc1. The minimum absolute atomic E-state index is 0.0752. The van der Waals surface area contributed by atoms with Crippen molar-refractivity contribution in [1.82, 2.24) is 9.88 Å². The van der Waals surface area contributed by atoms with E-state index >= 15 is 0 Å². The quantitative estimate of drug-likeness (QED) is 0.396. The molecule has 1 aliphatic heterocycles. The van der Waals surface area contributed by atoms with Gasteiger partial charge in [-0.05, 0) is 56.2 Å². The topological polar surface area (TPSA) is 64.1 Å². The Kier molecular flexibility index (Phi) is 8.61. The lowest BCUT2D eigenvalue weighted by Gasteiger charge is -2.27. The Morgan fingerprint density at radius 2 is 1.85 bits per heavy atom. The average Bonchev–Trinajstić information content (AvgIpc) is 3.31. The summed E-state index contributed by atoms with van der Waals surface area (Å²) in [4.78, 5) is 22.2. The lowest BCUT2D eigenvalue weighted by atomic mass is 10.2. The van der Waals surface area contributed by atoms with Gasteiger partial charge in [-0.15, -0.1) is 0 Å². The van der Waals surface area contributed by atoms with Gasteiger partial charge in [0, 0.05) is 26.2 Å². The number of aromatic nitrogens is 1. The number of benzene rings is 2. The fraction of sp³-hybridized carbons (Fsp3) is 0.440. The van der Waals surface area contributed by atoms with Crippen molar-refractivity contribution in [2.75, 3.05) is 57.5 Å². The second-order valence-corrected chi connectivity index (χ2v) is 9.47. The fourth-order valence-corrected chi connectivity index (χ4v) is 5.19. The van der Waals surface area contributed by atoms with Crippen molar-refractivity contribution in [2.45, 2.75) is 20.3 Å². The number of nitrogens with zero attached hydrogens (tertiary/aromatic N) is 3. The first kappa shape index (κ1) is 24.7. The van der Waals surface area contributed by atoms with E-state index in [0.717, 1.165) is 60.8 Å². The van der Waals surface area contributed by atoms with Crippen molar-refractivity contribution >= 4 is 44.2 Å². The maximum absolute atomic E-state index is 13.3. The van der Waals surface area contributed by atoms with E-state index < -0.39 is 0 Å². The number of ether oxygens (including phenoxy) is 3. The molecule has 0 aliphatic carbocycles. The predicted octanol–water partition coefficient (Wildman–Crippen LogP) is 4.79. The van der Waals surface area contributed by atoms with E-state index in [9.17, 15) is 4.79 Å². The van der Waals surface area contributed by atoms with Gasteiger partial charge in [0.25, 0.3) is 5.91 Å². The number of carbonyl (C=O) groups excluding carboxylic acids is 1. The van der Waals surface area contributed by atoms with Gasteiger partial charge in [-0.25, -0.2) is 4.98 Å². The molecule has 0 atom stereocenters. The number of hydrogen-bond acceptors (Lipinski definition) is 7. The van der Waals surface area contributed by atoms with Gasteiger partial charge in [-0.1, -0.05) is 29.0 Å². The Labute approximate surface area is 209 Å². The molecule has 1 fully saturated rings. The van der Waals surface area contributed by atoms with Crippen LogP contribution in [0.3, 0.4) is 0 Å². The maximum Gasteiger partial charge on any atom is 0.266 e. The van der Waals surface area contributed by atoms with E-state index in [4.69, 9.17) is 30.8 Å². The summed E-state index contributed by atoms with van der Waals surface area (Å²) >= 11 is 7.87. The molecule has 7 nitrogen and oxygen atoms in total. The molecular formula is C25H30ClN3O4S. The normalized spacial score (nSPS) is 14.3. The van der Waals surface area contributed by atoms with Crippen molar-refractivity contribution in [3.63, 3.8) is 0 Å². The van der Waals surface area contributed by atoms with Crippen LogP contribution in [0.5, 0.6) is 11.5 Å². The first-order valence-electron chi connectivity index (χ1n) is 11.6. The Balaban J connectivity index is 1.47. The smallest absolute Gasteiger partial charge is 0.266 e. The second-order valence-electron chi connectivity index (χ2n) is 8.08. The third-order valence-electron chi connectivity index (χ3n) is 5.67. The minimum atomic E-state index is -0.135. The summed E-state index contributed by atoms with van der Waals surface area (Å²) in [6.45, 7) is 9.28. The van der Waals surface area contributed by atoms with Crippen LogP contribution in [0.25, 0.3) is 10.2 Å². The highest BCUT2D eigenvalue weighted by Gasteiger charge is 2.22. The summed E-state index contributed by atoms with van der Waals surface area (Å²) in [7, 11) is 0. The van der Waals surface area contributed by atoms with E-state index in [1.807, 2.05) is 50.2 Å². The van der Waals surface area contributed by atoms with Crippen molar-refractivity contribution in [2.24, 2.45) is 0 Å². The van der Waals surface area contributed by atoms with Crippen LogP contribution >= 0.6 is 22.9 Å². The number of aryl methyl sites for hydroxylation is 1. The minimum Gasteiger partial charge on any atom is -0.494 e. The van der Waals surface area contributed by atoms with E-state index in [1.165, 1.54) is 11.3 Å². The third kappa shape index (κ3) is 6.18. The molecule has 0 spiro atoms. The summed E-state index contributed by atoms with van der Waals surface area (Å²) in [5.74, 6) is 1.25. The number of carbonyl (C=O) groups is 1. The molecule has 0 radical (unpaired) electrons. The Hall–Kier alpha value is -2.39. The monoisotopic (exact) mass is 503 g/mol. The molecule has 0 bridgehead atoms. The molecule has 2 aromatic carbocycles. The fourth-order valence-electron chi connectivity index (χ4n) is 3.83. The number of rotatable bonds is 10. The molecule has 1 aromatic heterocycles. The van der Waals surface area contributed by atoms with Crippen molar-refractivity contribution < 1.29 is 19.0 Å². The van der Waals surface area contributed by atoms with Gasteiger partial charge in [0.05, 0.1) is 35.1 Å². The molecular weight excluding hydrogens is 474 g/mol. The number of morpholine rings is 1. The number of anilines is 1. The molecule has 9 heteroatoms. The molecule has 1 aliphatic rings. The molecule has 3 aromatic rings. The lowest BCUT2D eigenvalue weighted by Crippen LogP contribution is -2.40. The van der Waals surface area contributed by atoms with Crippen molar-refractivity contribution in [3.8, 4) is 11.5 Å². The Morgan fingerprint density at radius 3 is 2.53 bits per heavy atom. The highest BCUT2D eigenvalue weighted by atomic mass is 35.5. The molecule has 1 saturated heterocycles. The van der Waals surface area contributed by atoms with Gasteiger partial charge in [0.1, 0.15) is 11.5 Å². The van der Waals surface area contributed by atoms with Gasteiger partial charge in [0.2, 0.25) is 0 Å². The number of amides is 1. The zero-order chi connectivity index (χ0) is 23.9. The van der Waals surface area contributed by atoms with Crippen LogP contribution in [-0.2, 0) is 9.53 Å². The van der Waals surface area contributed by atoms with Crippen LogP contribution in [0, 0.1) is 6.92 Å². The zero-order valence-electron chi connectivity index (χ0n) is 19.6. The number of thiazole rings is 1. The van der Waals surface area contributed by atoms with Crippen LogP contribution in [-0.4, -0.2) is 68.4 Å². The van der Waals surface area contributed by atoms with Gasteiger partial charge in [-0.2, -0.15) is 0 Å². The molecule has 0 N–H and O–H groups in total. The lowest BCUT2D eigenvalue weighted by molar-refractivity contribution is -0.120. The molecule has 34 heavy (non-hydrogen) atoms. The number of hydrogen-bond donors (Lipinski definition) is 0. The second kappa shape index (κ2) is 11.8. The van der Waals surface area contributed by atoms with Crippen molar-refractivity contribution in [3.05, 3.63) is 47.0 Å². The van der Waals surface area contributed by atoms with Crippen LogP contribution in [0.15, 0.2) is 36.4 Å². The summed E-state index contributed by atoms with van der Waals surface area (Å²) < 4.78 is 17.6. The number of halogens is 1. The summed E-state index contributed by atoms with van der Waals surface area (Å²) in [6, 6.07) is 11.1. The standard InChI is InChI=1S/C25H30ClN3O4S/c1-3-32-19-6-8-20(9-7-19)33-17-22(30)29(12-4-11-28-13-15-31-16-14-28)25-27-23-18(2)5-10-21(26)24(23)34-25/h5-10H,3-4,11-17H2,1-2H3. The highest BCUT2D eigenvalue weighted by Crippen LogP contribution is 2.35. The zero-order valence-corrected chi connectivity index (χ0v) is 21.2. The molecule has 4 rings (SSSR count). The predicted molar refractivity (Wildman–Crippen MR) is 137 cm³/mol. The Bertz CT molecular complexity index is 1060. The number of fused-ring (bicyclic) bond motifs is 1. The maximum atomic E-state index is 13.3. The van der Waals surface area contributed by atoms with Crippen LogP contribution < -0.4 is 14.4 Å². The van der Waals surface area contributed by atoms with Gasteiger partial charge in [-0.3, -0.25) is 14.6 Å². The Morgan fingerprint density at radius 1 is 1.15 bits per heavy atom. The highest BCUT2D eigenvalue weighted by molar-refractivity contribution is 7.23. The summed E-state index contributed by atoms with van der Waals surface area (Å²) in [5, 5.41) is 1.30. The van der Waals surface area contributed by atoms with E-state index in [0.29, 0.717) is 29.1 Å². The molecule has 182 valence electrons. The molecule has 0 saturated carbocycles. The van der Waals surface area contributed by atoms with E-state index in [-0.39, 0.29) is 12.5 Å². The molecule has 0 unspecified atom stereocenters. The first-order chi connectivity index (χ1) is 16.5. The van der Waals surface area contributed by atoms with Gasteiger partial charge < -0.3 is 14.2 Å². The van der Waals surface area contributed by atoms with Crippen LogP contribution in [0.1, 0.15) is 18.9 Å². The van der Waals surface area contributed by atoms with E-state index in [2.05, 4.69) is 4.90 Å². The summed E-state index contributed by atoms with van der Waals surface area (Å²) in [5.41, 5.74) is 1.87. The molecule has 1 amide bonds. The first-order valence-corrected chi connectivity index (χ1v) is 12.8. The molecule has 2 heterocycles. The summed E-state index contributed by atoms with van der Waals surface area (Å²) in [6.07, 6.45) is 0.831. The average molecular weight is 504 g/mol.